The van der Waals surface area contributed by atoms with Crippen LogP contribution in [-0.4, -0.2) is 17.3 Å². The van der Waals surface area contributed by atoms with Crippen molar-refractivity contribution in [3.63, 3.8) is 0 Å². The molecule has 0 aliphatic rings. The molecule has 0 radical (unpaired) electrons. The molecule has 1 aromatic carbocycles. The predicted molar refractivity (Wildman–Crippen MR) is 75.4 cm³/mol. The fourth-order valence-electron chi connectivity index (χ4n) is 1.39. The van der Waals surface area contributed by atoms with E-state index in [-0.39, 0.29) is 11.4 Å². The lowest BCUT2D eigenvalue weighted by Crippen LogP contribution is -2.48. The maximum Gasteiger partial charge on any atom is 0.128 e. The van der Waals surface area contributed by atoms with Crippen molar-refractivity contribution in [2.24, 2.45) is 0 Å². The van der Waals surface area contributed by atoms with Crippen LogP contribution < -0.4 is 5.32 Å². The Labute approximate surface area is 120 Å². The molecule has 0 aliphatic heterocycles. The zero-order valence-corrected chi connectivity index (χ0v) is 12.7. The third-order valence-electron chi connectivity index (χ3n) is 2.86. The molecular formula is C12H15BrCl2FN. The second kappa shape index (κ2) is 6.93. The predicted octanol–water partition coefficient (Wildman–Crippen LogP) is 4.30. The van der Waals surface area contributed by atoms with Crippen molar-refractivity contribution in [1.82, 2.24) is 5.32 Å². The molecule has 0 fully saturated rings. The fourth-order valence-corrected chi connectivity index (χ4v) is 2.58. The molecule has 1 aromatic rings. The number of alkyl halides is 2. The van der Waals surface area contributed by atoms with Crippen LogP contribution in [0.3, 0.4) is 0 Å². The molecule has 0 heterocycles. The Kier molecular flexibility index (Phi) is 6.21. The van der Waals surface area contributed by atoms with Crippen LogP contribution in [0.15, 0.2) is 22.7 Å². The first-order valence-corrected chi connectivity index (χ1v) is 7.24. The highest BCUT2D eigenvalue weighted by Gasteiger charge is 2.25. The summed E-state index contributed by atoms with van der Waals surface area (Å²) in [5.74, 6) is 0.581. The van der Waals surface area contributed by atoms with E-state index in [1.807, 2.05) is 13.0 Å². The lowest BCUT2D eigenvalue weighted by Gasteiger charge is -2.29. The molecule has 1 nitrogen and oxygen atoms in total. The number of hydrogen-bond donors (Lipinski definition) is 1. The minimum Gasteiger partial charge on any atom is -0.305 e. The molecule has 0 amide bonds. The van der Waals surface area contributed by atoms with Gasteiger partial charge in [0, 0.05) is 33.9 Å². The molecule has 0 aromatic heterocycles. The van der Waals surface area contributed by atoms with Crippen molar-refractivity contribution in [2.75, 3.05) is 11.8 Å². The minimum atomic E-state index is -0.331. The number of nitrogens with one attached hydrogen (secondary N) is 1. The van der Waals surface area contributed by atoms with Crippen LogP contribution in [-0.2, 0) is 6.54 Å². The summed E-state index contributed by atoms with van der Waals surface area (Å²) in [5, 5.41) is 3.24. The number of halogens is 4. The van der Waals surface area contributed by atoms with Crippen LogP contribution in [0.4, 0.5) is 4.39 Å². The molecule has 0 bridgehead atoms. The molecule has 0 spiro atoms. The summed E-state index contributed by atoms with van der Waals surface area (Å²) in [6.45, 7) is 2.43. The van der Waals surface area contributed by atoms with E-state index in [0.717, 1.165) is 10.9 Å². The summed E-state index contributed by atoms with van der Waals surface area (Å²) in [6, 6.07) is 5.01. The molecular weight excluding hydrogens is 328 g/mol. The molecule has 0 atom stereocenters. The van der Waals surface area contributed by atoms with E-state index >= 15 is 0 Å². The molecule has 0 aliphatic carbocycles. The Balaban J connectivity index is 2.72. The van der Waals surface area contributed by atoms with Gasteiger partial charge in [-0.15, -0.1) is 23.2 Å². The second-order valence-electron chi connectivity index (χ2n) is 3.99. The largest absolute Gasteiger partial charge is 0.305 e. The van der Waals surface area contributed by atoms with Crippen molar-refractivity contribution in [2.45, 2.75) is 25.4 Å². The molecule has 0 unspecified atom stereocenters. The van der Waals surface area contributed by atoms with Crippen molar-refractivity contribution < 1.29 is 4.39 Å². The third kappa shape index (κ3) is 4.09. The van der Waals surface area contributed by atoms with Crippen molar-refractivity contribution in [3.8, 4) is 0 Å². The van der Waals surface area contributed by atoms with Gasteiger partial charge >= 0.3 is 0 Å². The average Bonchev–Trinajstić information content (AvgIpc) is 2.33. The van der Waals surface area contributed by atoms with Gasteiger partial charge in [0.2, 0.25) is 0 Å². The minimum absolute atomic E-state index is 0.235. The first-order valence-electron chi connectivity index (χ1n) is 5.38. The monoisotopic (exact) mass is 341 g/mol. The summed E-state index contributed by atoms with van der Waals surface area (Å²) in [4.78, 5) is 0. The van der Waals surface area contributed by atoms with Crippen LogP contribution in [0, 0.1) is 5.82 Å². The molecule has 0 saturated carbocycles. The van der Waals surface area contributed by atoms with Crippen molar-refractivity contribution >= 4 is 39.1 Å². The number of benzene rings is 1. The van der Waals surface area contributed by atoms with E-state index in [1.54, 1.807) is 6.07 Å². The van der Waals surface area contributed by atoms with Crippen LogP contribution in [0.1, 0.15) is 18.9 Å². The van der Waals surface area contributed by atoms with Gasteiger partial charge in [0.25, 0.3) is 0 Å². The fraction of sp³-hybridized carbons (Fsp3) is 0.500. The van der Waals surface area contributed by atoms with Crippen LogP contribution in [0.25, 0.3) is 0 Å². The summed E-state index contributed by atoms with van der Waals surface area (Å²) in [5.41, 5.74) is 0.282. The van der Waals surface area contributed by atoms with Gasteiger partial charge in [-0.3, -0.25) is 0 Å². The zero-order valence-electron chi connectivity index (χ0n) is 9.57. The standard InChI is InChI=1S/C12H15BrCl2FN/c1-2-12(7-14,8-15)17-6-9-3-4-10(13)5-11(9)16/h3-5,17H,2,6-8H2,1H3. The molecule has 5 heteroatoms. The maximum atomic E-state index is 13.6. The SMILES string of the molecule is CCC(CCl)(CCl)NCc1ccc(Br)cc1F. The Hall–Kier alpha value is 0.170. The summed E-state index contributed by atoms with van der Waals surface area (Å²) in [7, 11) is 0. The van der Waals surface area contributed by atoms with E-state index in [0.29, 0.717) is 23.9 Å². The van der Waals surface area contributed by atoms with Crippen molar-refractivity contribution in [3.05, 3.63) is 34.1 Å². The molecule has 1 rings (SSSR count). The normalized spacial score (nSPS) is 11.8. The maximum absolute atomic E-state index is 13.6. The third-order valence-corrected chi connectivity index (χ3v) is 4.37. The van der Waals surface area contributed by atoms with E-state index < -0.39 is 0 Å². The zero-order chi connectivity index (χ0) is 12.9. The van der Waals surface area contributed by atoms with E-state index in [2.05, 4.69) is 21.2 Å². The van der Waals surface area contributed by atoms with E-state index in [9.17, 15) is 4.39 Å². The lowest BCUT2D eigenvalue weighted by atomic mass is 10.0. The van der Waals surface area contributed by atoms with Crippen LogP contribution >= 0.6 is 39.1 Å². The number of rotatable bonds is 6. The van der Waals surface area contributed by atoms with E-state index in [1.165, 1.54) is 6.07 Å². The highest BCUT2D eigenvalue weighted by molar-refractivity contribution is 9.10. The molecule has 1 N–H and O–H groups in total. The van der Waals surface area contributed by atoms with Crippen LogP contribution in [0.5, 0.6) is 0 Å². The van der Waals surface area contributed by atoms with E-state index in [4.69, 9.17) is 23.2 Å². The van der Waals surface area contributed by atoms with Gasteiger partial charge in [-0.2, -0.15) is 0 Å². The highest BCUT2D eigenvalue weighted by Crippen LogP contribution is 2.19. The Morgan fingerprint density at radius 2 is 2.00 bits per heavy atom. The topological polar surface area (TPSA) is 12.0 Å². The summed E-state index contributed by atoms with van der Waals surface area (Å²) >= 11 is 15.0. The summed E-state index contributed by atoms with van der Waals surface area (Å²) < 4.78 is 14.3. The van der Waals surface area contributed by atoms with Gasteiger partial charge in [0.15, 0.2) is 0 Å². The Bertz CT molecular complexity index is 361. The quantitative estimate of drug-likeness (QED) is 0.760. The van der Waals surface area contributed by atoms with Gasteiger partial charge in [-0.1, -0.05) is 28.9 Å². The van der Waals surface area contributed by atoms with Gasteiger partial charge in [0.05, 0.1) is 0 Å². The first-order chi connectivity index (χ1) is 8.06. The Morgan fingerprint density at radius 3 is 2.47 bits per heavy atom. The van der Waals surface area contributed by atoms with Gasteiger partial charge in [-0.05, 0) is 18.6 Å². The van der Waals surface area contributed by atoms with Crippen molar-refractivity contribution in [1.29, 1.82) is 0 Å². The molecule has 0 saturated heterocycles. The second-order valence-corrected chi connectivity index (χ2v) is 5.44. The van der Waals surface area contributed by atoms with Gasteiger partial charge < -0.3 is 5.32 Å². The van der Waals surface area contributed by atoms with Crippen LogP contribution in [0.2, 0.25) is 0 Å². The van der Waals surface area contributed by atoms with Gasteiger partial charge in [0.1, 0.15) is 5.82 Å². The highest BCUT2D eigenvalue weighted by atomic mass is 79.9. The lowest BCUT2D eigenvalue weighted by molar-refractivity contribution is 0.381. The molecule has 17 heavy (non-hydrogen) atoms. The molecule has 96 valence electrons. The Morgan fingerprint density at radius 1 is 1.35 bits per heavy atom. The van der Waals surface area contributed by atoms with Gasteiger partial charge in [-0.25, -0.2) is 4.39 Å². The average molecular weight is 343 g/mol. The summed E-state index contributed by atoms with van der Waals surface area (Å²) in [6.07, 6.45) is 0.804. The smallest absolute Gasteiger partial charge is 0.128 e. The first kappa shape index (κ1) is 15.2. The number of hydrogen-bond acceptors (Lipinski definition) is 1.